The van der Waals surface area contributed by atoms with Gasteiger partial charge in [-0.25, -0.2) is 9.59 Å². The molecule has 5 heteroatoms. The first-order chi connectivity index (χ1) is 8.63. The molecule has 0 saturated heterocycles. The smallest absolute Gasteiger partial charge is 0.337 e. The number of methoxy groups -OCH3 is 1. The average molecular weight is 247 g/mol. The highest BCUT2D eigenvalue weighted by Crippen LogP contribution is 2.06. The lowest BCUT2D eigenvalue weighted by Gasteiger charge is -2.01. The van der Waals surface area contributed by atoms with Gasteiger partial charge >= 0.3 is 11.9 Å². The van der Waals surface area contributed by atoms with E-state index in [0.29, 0.717) is 0 Å². The van der Waals surface area contributed by atoms with Gasteiger partial charge in [0.15, 0.2) is 0 Å². The van der Waals surface area contributed by atoms with Crippen LogP contribution in [0, 0.1) is 0 Å². The van der Waals surface area contributed by atoms with Gasteiger partial charge < -0.3 is 15.2 Å². The highest BCUT2D eigenvalue weighted by atomic mass is 16.5. The lowest BCUT2D eigenvalue weighted by Crippen LogP contribution is -2.02. The number of hydrogen-bond acceptors (Lipinski definition) is 4. The lowest BCUT2D eigenvalue weighted by molar-refractivity contribution is -0.134. The Morgan fingerprint density at radius 2 is 1.89 bits per heavy atom. The van der Waals surface area contributed by atoms with E-state index in [1.54, 1.807) is 12.1 Å². The fraction of sp³-hybridized carbons (Fsp3) is 0.0769. The first kappa shape index (κ1) is 13.5. The van der Waals surface area contributed by atoms with Crippen LogP contribution in [0.4, 0.5) is 5.69 Å². The second-order valence-corrected chi connectivity index (χ2v) is 3.27. The fourth-order valence-corrected chi connectivity index (χ4v) is 1.10. The van der Waals surface area contributed by atoms with Crippen LogP contribution in [0.25, 0.3) is 0 Å². The van der Waals surface area contributed by atoms with Crippen LogP contribution in [-0.4, -0.2) is 24.2 Å². The summed E-state index contributed by atoms with van der Waals surface area (Å²) in [5.41, 5.74) is 0.701. The summed E-state index contributed by atoms with van der Waals surface area (Å²) < 4.78 is 4.38. The Kier molecular flexibility index (Phi) is 5.18. The van der Waals surface area contributed by atoms with Crippen LogP contribution in [0.1, 0.15) is 0 Å². The SMILES string of the molecule is COC(=O)/C=C/C(=C/Nc1ccccc1)C(=O)O. The highest BCUT2D eigenvalue weighted by Gasteiger charge is 2.03. The minimum atomic E-state index is -1.14. The molecular weight excluding hydrogens is 234 g/mol. The quantitative estimate of drug-likeness (QED) is 0.471. The zero-order valence-electron chi connectivity index (χ0n) is 9.79. The van der Waals surface area contributed by atoms with Crippen molar-refractivity contribution in [3.63, 3.8) is 0 Å². The van der Waals surface area contributed by atoms with Gasteiger partial charge in [0.25, 0.3) is 0 Å². The number of hydrogen-bond donors (Lipinski definition) is 2. The third kappa shape index (κ3) is 4.52. The molecule has 0 bridgehead atoms. The van der Waals surface area contributed by atoms with E-state index in [2.05, 4.69) is 10.1 Å². The zero-order chi connectivity index (χ0) is 13.4. The molecule has 0 heterocycles. The number of carbonyl (C=O) groups excluding carboxylic acids is 1. The molecule has 94 valence electrons. The molecule has 1 aromatic carbocycles. The van der Waals surface area contributed by atoms with Crippen molar-refractivity contribution in [2.45, 2.75) is 0 Å². The van der Waals surface area contributed by atoms with E-state index in [4.69, 9.17) is 5.11 Å². The van der Waals surface area contributed by atoms with E-state index in [1.807, 2.05) is 18.2 Å². The van der Waals surface area contributed by atoms with Gasteiger partial charge in [-0.1, -0.05) is 18.2 Å². The Labute approximate surface area is 104 Å². The van der Waals surface area contributed by atoms with E-state index in [1.165, 1.54) is 19.4 Å². The summed E-state index contributed by atoms with van der Waals surface area (Å²) in [6, 6.07) is 9.08. The predicted octanol–water partition coefficient (Wildman–Crippen LogP) is 1.80. The summed E-state index contributed by atoms with van der Waals surface area (Å²) in [6.45, 7) is 0. The molecule has 0 aliphatic heterocycles. The number of aliphatic carboxylic acids is 1. The topological polar surface area (TPSA) is 75.6 Å². The summed E-state index contributed by atoms with van der Waals surface area (Å²) in [4.78, 5) is 21.8. The summed E-state index contributed by atoms with van der Waals surface area (Å²) in [7, 11) is 1.22. The molecule has 2 N–H and O–H groups in total. The van der Waals surface area contributed by atoms with Crippen LogP contribution in [0.2, 0.25) is 0 Å². The number of nitrogens with one attached hydrogen (secondary N) is 1. The van der Waals surface area contributed by atoms with Gasteiger partial charge in [-0.3, -0.25) is 0 Å². The molecule has 0 spiro atoms. The Hall–Kier alpha value is -2.56. The number of carbonyl (C=O) groups is 2. The van der Waals surface area contributed by atoms with Gasteiger partial charge in [0.1, 0.15) is 0 Å². The van der Waals surface area contributed by atoms with Crippen LogP contribution in [0.3, 0.4) is 0 Å². The second kappa shape index (κ2) is 6.90. The Bertz CT molecular complexity index is 477. The van der Waals surface area contributed by atoms with Crippen LogP contribution in [0.5, 0.6) is 0 Å². The van der Waals surface area contributed by atoms with E-state index in [9.17, 15) is 9.59 Å². The minimum absolute atomic E-state index is 0.0516. The number of rotatable bonds is 5. The highest BCUT2D eigenvalue weighted by molar-refractivity contribution is 5.93. The van der Waals surface area contributed by atoms with Gasteiger partial charge in [0.2, 0.25) is 0 Å². The summed E-state index contributed by atoms with van der Waals surface area (Å²) in [5.74, 6) is -1.75. The standard InChI is InChI=1S/C13H13NO4/c1-18-12(15)8-7-10(13(16)17)9-14-11-5-3-2-4-6-11/h2-9,14H,1H3,(H,16,17)/b8-7+,10-9-. The first-order valence-electron chi connectivity index (χ1n) is 5.14. The van der Waals surface area contributed by atoms with E-state index >= 15 is 0 Å². The van der Waals surface area contributed by atoms with Crippen LogP contribution in [-0.2, 0) is 14.3 Å². The Morgan fingerprint density at radius 3 is 2.44 bits per heavy atom. The molecule has 0 unspecified atom stereocenters. The molecule has 0 aliphatic carbocycles. The van der Waals surface area contributed by atoms with Crippen LogP contribution >= 0.6 is 0 Å². The number of carboxylic acid groups (broad SMARTS) is 1. The van der Waals surface area contributed by atoms with E-state index in [-0.39, 0.29) is 5.57 Å². The van der Waals surface area contributed by atoms with Gasteiger partial charge in [-0.05, 0) is 18.2 Å². The largest absolute Gasteiger partial charge is 0.478 e. The molecule has 0 aromatic heterocycles. The monoisotopic (exact) mass is 247 g/mol. The molecule has 1 rings (SSSR count). The number of anilines is 1. The Morgan fingerprint density at radius 1 is 1.22 bits per heavy atom. The van der Waals surface area contributed by atoms with Crippen molar-refractivity contribution in [2.24, 2.45) is 0 Å². The third-order valence-electron chi connectivity index (χ3n) is 2.02. The maximum atomic E-state index is 10.9. The summed E-state index contributed by atoms with van der Waals surface area (Å²) >= 11 is 0. The van der Waals surface area contributed by atoms with Crippen LogP contribution in [0.15, 0.2) is 54.3 Å². The van der Waals surface area contributed by atoms with Crippen molar-refractivity contribution in [1.29, 1.82) is 0 Å². The Balaban J connectivity index is 2.76. The third-order valence-corrected chi connectivity index (χ3v) is 2.02. The summed E-state index contributed by atoms with van der Waals surface area (Å²) in [6.07, 6.45) is 3.52. The summed E-state index contributed by atoms with van der Waals surface area (Å²) in [5, 5.41) is 11.7. The molecule has 0 aliphatic rings. The molecule has 5 nitrogen and oxygen atoms in total. The molecule has 18 heavy (non-hydrogen) atoms. The van der Waals surface area contributed by atoms with Crippen molar-refractivity contribution in [3.8, 4) is 0 Å². The van der Waals surface area contributed by atoms with Gasteiger partial charge in [0.05, 0.1) is 12.7 Å². The maximum Gasteiger partial charge on any atom is 0.337 e. The normalized spacial score (nSPS) is 11.3. The van der Waals surface area contributed by atoms with E-state index in [0.717, 1.165) is 11.8 Å². The molecular formula is C13H13NO4. The number of para-hydroxylation sites is 1. The second-order valence-electron chi connectivity index (χ2n) is 3.27. The van der Waals surface area contributed by atoms with Crippen molar-refractivity contribution in [1.82, 2.24) is 0 Å². The van der Waals surface area contributed by atoms with Gasteiger partial charge in [0, 0.05) is 18.0 Å². The van der Waals surface area contributed by atoms with Gasteiger partial charge in [-0.15, -0.1) is 0 Å². The number of ether oxygens (including phenoxy) is 1. The number of benzene rings is 1. The fourth-order valence-electron chi connectivity index (χ4n) is 1.10. The molecule has 0 atom stereocenters. The minimum Gasteiger partial charge on any atom is -0.478 e. The van der Waals surface area contributed by atoms with Crippen molar-refractivity contribution in [2.75, 3.05) is 12.4 Å². The van der Waals surface area contributed by atoms with E-state index < -0.39 is 11.9 Å². The van der Waals surface area contributed by atoms with Crippen molar-refractivity contribution < 1.29 is 19.4 Å². The molecule has 0 radical (unpaired) electrons. The first-order valence-corrected chi connectivity index (χ1v) is 5.14. The van der Waals surface area contributed by atoms with Gasteiger partial charge in [-0.2, -0.15) is 0 Å². The zero-order valence-corrected chi connectivity index (χ0v) is 9.79. The molecule has 0 saturated carbocycles. The van der Waals surface area contributed by atoms with Crippen LogP contribution < -0.4 is 5.32 Å². The number of esters is 1. The predicted molar refractivity (Wildman–Crippen MR) is 66.9 cm³/mol. The molecule has 1 aromatic rings. The molecule has 0 fully saturated rings. The number of carboxylic acids is 1. The maximum absolute atomic E-state index is 10.9. The lowest BCUT2D eigenvalue weighted by atomic mass is 10.2. The molecule has 0 amide bonds. The van der Waals surface area contributed by atoms with Crippen molar-refractivity contribution in [3.05, 3.63) is 54.3 Å². The van der Waals surface area contributed by atoms with Crippen molar-refractivity contribution >= 4 is 17.6 Å². The average Bonchev–Trinajstić information content (AvgIpc) is 2.39.